The fourth-order valence-electron chi connectivity index (χ4n) is 5.79. The van der Waals surface area contributed by atoms with Gasteiger partial charge >= 0.3 is 6.18 Å². The maximum Gasteiger partial charge on any atom is 0.416 e. The third-order valence-corrected chi connectivity index (χ3v) is 7.41. The quantitative estimate of drug-likeness (QED) is 0.447. The monoisotopic (exact) mass is 406 g/mol. The first-order chi connectivity index (χ1) is 13.8. The zero-order valence-corrected chi connectivity index (χ0v) is 17.1. The van der Waals surface area contributed by atoms with Crippen LogP contribution in [0.2, 0.25) is 0 Å². The smallest absolute Gasteiger partial charge is 0.206 e. The van der Waals surface area contributed by atoms with Gasteiger partial charge < -0.3 is 0 Å². The molecule has 2 aliphatic rings. The third-order valence-electron chi connectivity index (χ3n) is 7.41. The number of benzene rings is 2. The summed E-state index contributed by atoms with van der Waals surface area (Å²) in [6, 6.07) is 6.80. The molecule has 0 aliphatic heterocycles. The predicted octanol–water partition coefficient (Wildman–Crippen LogP) is 8.49. The highest BCUT2D eigenvalue weighted by Crippen LogP contribution is 2.48. The molecule has 0 nitrogen and oxygen atoms in total. The second-order valence-electron chi connectivity index (χ2n) is 9.29. The summed E-state index contributed by atoms with van der Waals surface area (Å²) < 4.78 is 53.6. The highest BCUT2D eigenvalue weighted by molar-refractivity contribution is 5.84. The van der Waals surface area contributed by atoms with Crippen LogP contribution in [-0.4, -0.2) is 0 Å². The van der Waals surface area contributed by atoms with E-state index in [9.17, 15) is 17.6 Å². The number of fused-ring (bicyclic) bond motifs is 2. The summed E-state index contributed by atoms with van der Waals surface area (Å²) in [7, 11) is 0. The van der Waals surface area contributed by atoms with E-state index in [2.05, 4.69) is 6.92 Å². The number of hydrogen-bond donors (Lipinski definition) is 0. The van der Waals surface area contributed by atoms with E-state index in [1.165, 1.54) is 57.1 Å². The summed E-state index contributed by atoms with van der Waals surface area (Å²) in [6.45, 7) is 2.25. The Labute approximate surface area is 170 Å². The van der Waals surface area contributed by atoms with Crippen LogP contribution in [0.5, 0.6) is 0 Å². The molecule has 2 aliphatic carbocycles. The summed E-state index contributed by atoms with van der Waals surface area (Å²) >= 11 is 0. The Bertz CT molecular complexity index is 854. The largest absolute Gasteiger partial charge is 0.416 e. The van der Waals surface area contributed by atoms with Gasteiger partial charge in [-0.3, -0.25) is 0 Å². The standard InChI is InChI=1S/C25H30F4/c1-2-3-4-16-5-6-18-12-19(8-7-17(18)11-16)21-13-20-9-10-22(25(27,28)29)15-23(20)24(26)14-21/h9-10,13-19H,2-8,11-12H2,1H3/t16-,17?,18-,19?/m1/s1. The maximum atomic E-state index is 14.7. The van der Waals surface area contributed by atoms with Crippen molar-refractivity contribution in [1.82, 2.24) is 0 Å². The third kappa shape index (κ3) is 4.46. The topological polar surface area (TPSA) is 0 Å². The predicted molar refractivity (Wildman–Crippen MR) is 109 cm³/mol. The van der Waals surface area contributed by atoms with Gasteiger partial charge in [-0.25, -0.2) is 4.39 Å². The molecule has 2 fully saturated rings. The molecule has 0 aromatic heterocycles. The van der Waals surface area contributed by atoms with Gasteiger partial charge in [-0.15, -0.1) is 0 Å². The molecule has 2 aromatic rings. The molecule has 29 heavy (non-hydrogen) atoms. The van der Waals surface area contributed by atoms with Crippen LogP contribution in [0.25, 0.3) is 10.8 Å². The van der Waals surface area contributed by atoms with Crippen molar-refractivity contribution in [1.29, 1.82) is 0 Å². The van der Waals surface area contributed by atoms with Gasteiger partial charge in [-0.1, -0.05) is 44.7 Å². The van der Waals surface area contributed by atoms with Crippen molar-refractivity contribution in [2.45, 2.75) is 76.8 Å². The van der Waals surface area contributed by atoms with Crippen molar-refractivity contribution >= 4 is 10.8 Å². The molecular formula is C25H30F4. The second-order valence-corrected chi connectivity index (χ2v) is 9.29. The van der Waals surface area contributed by atoms with E-state index in [0.717, 1.165) is 48.3 Å². The van der Waals surface area contributed by atoms with Crippen molar-refractivity contribution in [3.63, 3.8) is 0 Å². The van der Waals surface area contributed by atoms with Crippen LogP contribution in [0.4, 0.5) is 17.6 Å². The first kappa shape index (κ1) is 20.7. The van der Waals surface area contributed by atoms with Crippen molar-refractivity contribution in [3.8, 4) is 0 Å². The van der Waals surface area contributed by atoms with E-state index in [-0.39, 0.29) is 5.39 Å². The number of rotatable bonds is 4. The Morgan fingerprint density at radius 3 is 2.45 bits per heavy atom. The normalized spacial score (nSPS) is 27.8. The average molecular weight is 407 g/mol. The van der Waals surface area contributed by atoms with E-state index in [0.29, 0.717) is 11.3 Å². The van der Waals surface area contributed by atoms with Crippen molar-refractivity contribution in [3.05, 3.63) is 47.3 Å². The first-order valence-electron chi connectivity index (χ1n) is 11.2. The molecule has 0 saturated heterocycles. The van der Waals surface area contributed by atoms with E-state index in [1.807, 2.05) is 6.07 Å². The molecular weight excluding hydrogens is 376 g/mol. The number of halogens is 4. The lowest BCUT2D eigenvalue weighted by Gasteiger charge is -2.42. The molecule has 2 aromatic carbocycles. The Kier molecular flexibility index (Phi) is 5.90. The van der Waals surface area contributed by atoms with Crippen LogP contribution in [0.3, 0.4) is 0 Å². The highest BCUT2D eigenvalue weighted by atomic mass is 19.4. The Hall–Kier alpha value is -1.58. The van der Waals surface area contributed by atoms with Gasteiger partial charge in [-0.05, 0) is 84.9 Å². The fourth-order valence-corrected chi connectivity index (χ4v) is 5.79. The van der Waals surface area contributed by atoms with Crippen molar-refractivity contribution in [2.75, 3.05) is 0 Å². The molecule has 0 radical (unpaired) electrons. The number of unbranched alkanes of at least 4 members (excludes halogenated alkanes) is 1. The highest BCUT2D eigenvalue weighted by Gasteiger charge is 2.36. The molecule has 2 unspecified atom stereocenters. The van der Waals surface area contributed by atoms with Gasteiger partial charge in [-0.2, -0.15) is 13.2 Å². The van der Waals surface area contributed by atoms with Crippen LogP contribution in [-0.2, 0) is 6.18 Å². The van der Waals surface area contributed by atoms with E-state index in [1.54, 1.807) is 0 Å². The lowest BCUT2D eigenvalue weighted by Crippen LogP contribution is -2.30. The van der Waals surface area contributed by atoms with Gasteiger partial charge in [0, 0.05) is 5.39 Å². The molecule has 0 N–H and O–H groups in total. The van der Waals surface area contributed by atoms with Crippen LogP contribution in [0, 0.1) is 23.6 Å². The fraction of sp³-hybridized carbons (Fsp3) is 0.600. The minimum Gasteiger partial charge on any atom is -0.206 e. The minimum atomic E-state index is -4.45. The van der Waals surface area contributed by atoms with Crippen LogP contribution < -0.4 is 0 Å². The molecule has 4 heteroatoms. The number of alkyl halides is 3. The van der Waals surface area contributed by atoms with Crippen LogP contribution in [0.1, 0.15) is 81.8 Å². The average Bonchev–Trinajstić information content (AvgIpc) is 2.70. The van der Waals surface area contributed by atoms with Crippen LogP contribution >= 0.6 is 0 Å². The Morgan fingerprint density at radius 2 is 1.69 bits per heavy atom. The van der Waals surface area contributed by atoms with Gasteiger partial charge in [0.15, 0.2) is 0 Å². The molecule has 0 spiro atoms. The van der Waals surface area contributed by atoms with Gasteiger partial charge in [0.2, 0.25) is 0 Å². The summed E-state index contributed by atoms with van der Waals surface area (Å²) in [5.74, 6) is 2.20. The zero-order valence-electron chi connectivity index (χ0n) is 17.1. The van der Waals surface area contributed by atoms with Gasteiger partial charge in [0.25, 0.3) is 0 Å². The molecule has 2 saturated carbocycles. The lowest BCUT2D eigenvalue weighted by molar-refractivity contribution is -0.137. The molecule has 0 bridgehead atoms. The minimum absolute atomic E-state index is 0.0636. The Morgan fingerprint density at radius 1 is 0.931 bits per heavy atom. The van der Waals surface area contributed by atoms with Crippen molar-refractivity contribution < 1.29 is 17.6 Å². The summed E-state index contributed by atoms with van der Waals surface area (Å²) in [4.78, 5) is 0. The van der Waals surface area contributed by atoms with Crippen LogP contribution in [0.15, 0.2) is 30.3 Å². The number of hydrogen-bond acceptors (Lipinski definition) is 0. The summed E-state index contributed by atoms with van der Waals surface area (Å²) in [5, 5.41) is 0.632. The van der Waals surface area contributed by atoms with Gasteiger partial charge in [0.05, 0.1) is 5.56 Å². The molecule has 4 atom stereocenters. The molecule has 158 valence electrons. The summed E-state index contributed by atoms with van der Waals surface area (Å²) in [6.07, 6.45) is 6.81. The molecule has 0 heterocycles. The van der Waals surface area contributed by atoms with Crippen molar-refractivity contribution in [2.24, 2.45) is 17.8 Å². The van der Waals surface area contributed by atoms with E-state index in [4.69, 9.17) is 0 Å². The van der Waals surface area contributed by atoms with E-state index < -0.39 is 17.6 Å². The Balaban J connectivity index is 1.50. The van der Waals surface area contributed by atoms with E-state index >= 15 is 0 Å². The molecule has 0 amide bonds. The molecule has 4 rings (SSSR count). The summed E-state index contributed by atoms with van der Waals surface area (Å²) in [5.41, 5.74) is 0.165. The second kappa shape index (κ2) is 8.28. The zero-order chi connectivity index (χ0) is 20.6. The van der Waals surface area contributed by atoms with Gasteiger partial charge in [0.1, 0.15) is 5.82 Å². The SMILES string of the molecule is CCCC[C@@H]1CC[C@@H]2CC(c3cc(F)c4cc(C(F)(F)F)ccc4c3)CCC2C1. The lowest BCUT2D eigenvalue weighted by atomic mass is 9.63. The maximum absolute atomic E-state index is 14.7. The first-order valence-corrected chi connectivity index (χ1v) is 11.2.